The Labute approximate surface area is 83.8 Å². The predicted octanol–water partition coefficient (Wildman–Crippen LogP) is -0.993. The number of amides is 1. The second-order valence-corrected chi connectivity index (χ2v) is 3.82. The molecule has 0 spiro atoms. The van der Waals surface area contributed by atoms with Gasteiger partial charge in [0.2, 0.25) is 5.91 Å². The molecular formula is C9H19NO4. The fourth-order valence-electron chi connectivity index (χ4n) is 0.773. The fourth-order valence-corrected chi connectivity index (χ4v) is 0.773. The number of rotatable bonds is 6. The highest BCUT2D eigenvalue weighted by atomic mass is 16.3. The number of aliphatic hydroxyl groups is 3. The number of aliphatic hydroxyl groups excluding tert-OH is 2. The Morgan fingerprint density at radius 2 is 2.14 bits per heavy atom. The Hall–Kier alpha value is -0.650. The molecule has 14 heavy (non-hydrogen) atoms. The number of carbonyl (C=O) groups excluding carboxylic acids is 1. The van der Waals surface area contributed by atoms with E-state index in [9.17, 15) is 9.90 Å². The summed E-state index contributed by atoms with van der Waals surface area (Å²) < 4.78 is 0. The molecule has 0 aromatic heterocycles. The van der Waals surface area contributed by atoms with Gasteiger partial charge in [0.05, 0.1) is 12.7 Å². The lowest BCUT2D eigenvalue weighted by molar-refractivity contribution is -0.123. The molecule has 5 heteroatoms. The van der Waals surface area contributed by atoms with E-state index in [2.05, 4.69) is 5.32 Å². The van der Waals surface area contributed by atoms with Crippen LogP contribution in [0.4, 0.5) is 0 Å². The fraction of sp³-hybridized carbons (Fsp3) is 0.889. The van der Waals surface area contributed by atoms with Crippen molar-refractivity contribution >= 4 is 5.91 Å². The summed E-state index contributed by atoms with van der Waals surface area (Å²) in [6, 6.07) is 0. The van der Waals surface area contributed by atoms with Crippen molar-refractivity contribution in [3.05, 3.63) is 0 Å². The van der Waals surface area contributed by atoms with Gasteiger partial charge in [0.1, 0.15) is 5.60 Å². The van der Waals surface area contributed by atoms with Gasteiger partial charge in [-0.2, -0.15) is 0 Å². The second-order valence-electron chi connectivity index (χ2n) is 3.82. The van der Waals surface area contributed by atoms with Crippen molar-refractivity contribution < 1.29 is 20.1 Å². The normalized spacial score (nSPS) is 17.2. The largest absolute Gasteiger partial charge is 0.393 e. The number of carbonyl (C=O) groups is 1. The van der Waals surface area contributed by atoms with Crippen molar-refractivity contribution in [2.75, 3.05) is 13.2 Å². The lowest BCUT2D eigenvalue weighted by Crippen LogP contribution is -2.43. The molecule has 1 amide bonds. The second kappa shape index (κ2) is 5.95. The molecule has 0 saturated heterocycles. The highest BCUT2D eigenvalue weighted by Gasteiger charge is 2.19. The molecule has 0 aliphatic carbocycles. The molecular weight excluding hydrogens is 186 g/mol. The summed E-state index contributed by atoms with van der Waals surface area (Å²) in [6.45, 7) is 2.66. The molecule has 0 fully saturated rings. The maximum absolute atomic E-state index is 11.1. The van der Waals surface area contributed by atoms with Crippen LogP contribution in [0.5, 0.6) is 0 Å². The summed E-state index contributed by atoms with van der Waals surface area (Å²) in [4.78, 5) is 11.1. The molecule has 0 bridgehead atoms. The van der Waals surface area contributed by atoms with E-state index in [4.69, 9.17) is 10.2 Å². The quantitative estimate of drug-likeness (QED) is 0.448. The van der Waals surface area contributed by atoms with Gasteiger partial charge in [-0.3, -0.25) is 4.79 Å². The third kappa shape index (κ3) is 6.82. The van der Waals surface area contributed by atoms with Gasteiger partial charge in [0, 0.05) is 13.0 Å². The Kier molecular flexibility index (Phi) is 5.68. The van der Waals surface area contributed by atoms with E-state index in [1.165, 1.54) is 6.92 Å². The zero-order chi connectivity index (χ0) is 11.2. The van der Waals surface area contributed by atoms with Crippen molar-refractivity contribution in [3.63, 3.8) is 0 Å². The SMILES string of the molecule is CC(O)CCC(=O)NCC(C)(O)CO. The number of nitrogens with one attached hydrogen (secondary N) is 1. The molecule has 0 aliphatic rings. The Morgan fingerprint density at radius 1 is 1.57 bits per heavy atom. The molecule has 0 aromatic rings. The van der Waals surface area contributed by atoms with Crippen LogP contribution in [0.1, 0.15) is 26.7 Å². The summed E-state index contributed by atoms with van der Waals surface area (Å²) in [5, 5.41) is 29.4. The van der Waals surface area contributed by atoms with Crippen LogP contribution >= 0.6 is 0 Å². The van der Waals surface area contributed by atoms with Crippen LogP contribution in [0, 0.1) is 0 Å². The van der Waals surface area contributed by atoms with E-state index in [1.54, 1.807) is 6.92 Å². The average molecular weight is 205 g/mol. The summed E-state index contributed by atoms with van der Waals surface area (Å²) in [5.41, 5.74) is -1.28. The molecule has 0 aliphatic heterocycles. The number of hydrogen-bond acceptors (Lipinski definition) is 4. The van der Waals surface area contributed by atoms with Crippen molar-refractivity contribution in [1.82, 2.24) is 5.32 Å². The zero-order valence-corrected chi connectivity index (χ0v) is 8.66. The molecule has 0 saturated carbocycles. The Bertz CT molecular complexity index is 180. The molecule has 4 N–H and O–H groups in total. The minimum atomic E-state index is -1.28. The molecule has 2 unspecified atom stereocenters. The van der Waals surface area contributed by atoms with Crippen LogP contribution in [0.15, 0.2) is 0 Å². The van der Waals surface area contributed by atoms with Crippen LogP contribution in [0.3, 0.4) is 0 Å². The lowest BCUT2D eigenvalue weighted by Gasteiger charge is -2.20. The molecule has 2 atom stereocenters. The third-order valence-electron chi connectivity index (χ3n) is 1.80. The molecule has 0 radical (unpaired) electrons. The van der Waals surface area contributed by atoms with Crippen LogP contribution in [0.25, 0.3) is 0 Å². The maximum atomic E-state index is 11.1. The molecule has 0 heterocycles. The van der Waals surface area contributed by atoms with Gasteiger partial charge < -0.3 is 20.6 Å². The zero-order valence-electron chi connectivity index (χ0n) is 8.66. The van der Waals surface area contributed by atoms with Crippen molar-refractivity contribution in [1.29, 1.82) is 0 Å². The van der Waals surface area contributed by atoms with Crippen molar-refractivity contribution in [3.8, 4) is 0 Å². The van der Waals surface area contributed by atoms with E-state index in [-0.39, 0.29) is 18.9 Å². The first-order valence-electron chi connectivity index (χ1n) is 4.65. The van der Waals surface area contributed by atoms with Gasteiger partial charge in [0.25, 0.3) is 0 Å². The van der Waals surface area contributed by atoms with Gasteiger partial charge in [-0.1, -0.05) is 0 Å². The predicted molar refractivity (Wildman–Crippen MR) is 51.6 cm³/mol. The summed E-state index contributed by atoms with van der Waals surface area (Å²) in [6.07, 6.45) is 0.117. The van der Waals surface area contributed by atoms with E-state index in [0.717, 1.165) is 0 Å². The monoisotopic (exact) mass is 205 g/mol. The third-order valence-corrected chi connectivity index (χ3v) is 1.80. The topological polar surface area (TPSA) is 89.8 Å². The van der Waals surface area contributed by atoms with E-state index >= 15 is 0 Å². The minimum Gasteiger partial charge on any atom is -0.393 e. The average Bonchev–Trinajstić information content (AvgIpc) is 2.11. The Morgan fingerprint density at radius 3 is 2.57 bits per heavy atom. The van der Waals surface area contributed by atoms with Gasteiger partial charge in [-0.05, 0) is 20.3 Å². The number of hydrogen-bond donors (Lipinski definition) is 4. The standard InChI is InChI=1S/C9H19NO4/c1-7(12)3-4-8(13)10-5-9(2,14)6-11/h7,11-12,14H,3-6H2,1-2H3,(H,10,13). The lowest BCUT2D eigenvalue weighted by atomic mass is 10.1. The van der Waals surface area contributed by atoms with Crippen molar-refractivity contribution in [2.45, 2.75) is 38.4 Å². The van der Waals surface area contributed by atoms with Crippen LogP contribution in [-0.4, -0.2) is 46.1 Å². The van der Waals surface area contributed by atoms with E-state index in [0.29, 0.717) is 6.42 Å². The maximum Gasteiger partial charge on any atom is 0.220 e. The summed E-state index contributed by atoms with van der Waals surface area (Å²) in [7, 11) is 0. The Balaban J connectivity index is 3.64. The summed E-state index contributed by atoms with van der Waals surface area (Å²) >= 11 is 0. The van der Waals surface area contributed by atoms with Gasteiger partial charge >= 0.3 is 0 Å². The highest BCUT2D eigenvalue weighted by molar-refractivity contribution is 5.75. The smallest absolute Gasteiger partial charge is 0.220 e. The molecule has 0 aromatic carbocycles. The van der Waals surface area contributed by atoms with Crippen LogP contribution in [-0.2, 0) is 4.79 Å². The minimum absolute atomic E-state index is 0.0160. The summed E-state index contributed by atoms with van der Waals surface area (Å²) in [5.74, 6) is -0.236. The first-order chi connectivity index (χ1) is 6.37. The van der Waals surface area contributed by atoms with Gasteiger partial charge in [-0.25, -0.2) is 0 Å². The molecule has 84 valence electrons. The van der Waals surface area contributed by atoms with Crippen molar-refractivity contribution in [2.24, 2.45) is 0 Å². The van der Waals surface area contributed by atoms with Crippen LogP contribution in [0.2, 0.25) is 0 Å². The molecule has 5 nitrogen and oxygen atoms in total. The van der Waals surface area contributed by atoms with Crippen LogP contribution < -0.4 is 5.32 Å². The van der Waals surface area contributed by atoms with E-state index in [1.807, 2.05) is 0 Å². The van der Waals surface area contributed by atoms with E-state index < -0.39 is 18.3 Å². The van der Waals surface area contributed by atoms with Gasteiger partial charge in [0.15, 0.2) is 0 Å². The molecule has 0 rings (SSSR count). The first-order valence-corrected chi connectivity index (χ1v) is 4.65. The van der Waals surface area contributed by atoms with Gasteiger partial charge in [-0.15, -0.1) is 0 Å². The highest BCUT2D eigenvalue weighted by Crippen LogP contribution is 2.00. The first kappa shape index (κ1) is 13.4.